The maximum Gasteiger partial charge on any atom is 0.255 e. The first-order valence-corrected chi connectivity index (χ1v) is 13.0. The van der Waals surface area contributed by atoms with Crippen LogP contribution in [0.15, 0.2) is 23.0 Å². The van der Waals surface area contributed by atoms with E-state index in [0.717, 1.165) is 0 Å². The van der Waals surface area contributed by atoms with Crippen LogP contribution in [0.1, 0.15) is 17.5 Å². The molecule has 9 N–H and O–H groups in total. The number of anilines is 2. The summed E-state index contributed by atoms with van der Waals surface area (Å²) in [6.07, 6.45) is 0.0797. The van der Waals surface area contributed by atoms with Gasteiger partial charge in [-0.3, -0.25) is 24.1 Å². The maximum atomic E-state index is 14.0. The molecule has 1 aromatic carbocycles. The number of halogens is 1. The van der Waals surface area contributed by atoms with Crippen molar-refractivity contribution in [1.82, 2.24) is 10.2 Å². The van der Waals surface area contributed by atoms with Crippen molar-refractivity contribution in [3.8, 4) is 5.75 Å². The fraction of sp³-hybridized carbons (Fsp3) is 0.481. The number of carbonyl (C=O) groups excluding carboxylic acids is 4. The normalized spacial score (nSPS) is 25.0. The lowest BCUT2D eigenvalue weighted by molar-refractivity contribution is -0.153. The van der Waals surface area contributed by atoms with Crippen LogP contribution in [-0.4, -0.2) is 113 Å². The molecule has 0 saturated heterocycles. The van der Waals surface area contributed by atoms with Gasteiger partial charge < -0.3 is 46.8 Å². The number of nitrogens with one attached hydrogen (secondary N) is 2. The van der Waals surface area contributed by atoms with Crippen molar-refractivity contribution in [2.75, 3.05) is 58.1 Å². The van der Waals surface area contributed by atoms with E-state index in [9.17, 15) is 39.6 Å². The van der Waals surface area contributed by atoms with Crippen LogP contribution in [0.3, 0.4) is 0 Å². The third-order valence-corrected chi connectivity index (χ3v) is 8.03. The molecular weight excluding hydrogens is 574 g/mol. The molecule has 2 amide bonds. The van der Waals surface area contributed by atoms with E-state index in [1.165, 1.54) is 25.1 Å². The summed E-state index contributed by atoms with van der Waals surface area (Å²) in [7, 11) is 6.51. The van der Waals surface area contributed by atoms with Gasteiger partial charge in [0.05, 0.1) is 30.4 Å². The SMILES string of the molecule is CN(C)c1cc(NC(=O)CNCCO)c(O)c2c1CC1CC3[C@H](N(C)C)C(=O)C(C(N)=O)=C(O)C3(O)C(=O)C1=C2O.Cl. The molecule has 0 radical (unpaired) electrons. The summed E-state index contributed by atoms with van der Waals surface area (Å²) >= 11 is 0. The molecule has 4 rings (SSSR count). The number of nitrogens with zero attached hydrogens (tertiary/aromatic N) is 2. The first-order chi connectivity index (χ1) is 19.2. The summed E-state index contributed by atoms with van der Waals surface area (Å²) in [4.78, 5) is 54.9. The average Bonchev–Trinajstić information content (AvgIpc) is 2.87. The lowest BCUT2D eigenvalue weighted by Gasteiger charge is -2.50. The molecule has 230 valence electrons. The van der Waals surface area contributed by atoms with Crippen LogP contribution < -0.4 is 21.3 Å². The van der Waals surface area contributed by atoms with Crippen LogP contribution >= 0.6 is 12.4 Å². The lowest BCUT2D eigenvalue weighted by Crippen LogP contribution is -2.65. The fourth-order valence-corrected chi connectivity index (χ4v) is 6.26. The number of benzene rings is 1. The number of aromatic hydroxyl groups is 1. The quantitative estimate of drug-likeness (QED) is 0.101. The molecule has 4 atom stereocenters. The number of phenolic OH excluding ortho intramolecular Hbond substituents is 1. The average molecular weight is 610 g/mol. The number of primary amides is 1. The molecule has 0 aliphatic heterocycles. The molecular formula is C27H36ClN5O9. The summed E-state index contributed by atoms with van der Waals surface area (Å²) in [5, 5.41) is 59.5. The largest absolute Gasteiger partial charge is 0.508 e. The summed E-state index contributed by atoms with van der Waals surface area (Å²) in [5.41, 5.74) is 2.24. The third-order valence-electron chi connectivity index (χ3n) is 8.03. The predicted octanol–water partition coefficient (Wildman–Crippen LogP) is -1.03. The van der Waals surface area contributed by atoms with Crippen LogP contribution in [0.2, 0.25) is 0 Å². The first-order valence-electron chi connectivity index (χ1n) is 13.0. The minimum absolute atomic E-state index is 0. The van der Waals surface area contributed by atoms with Crippen molar-refractivity contribution < 1.29 is 44.7 Å². The molecule has 3 aliphatic carbocycles. The highest BCUT2D eigenvalue weighted by Gasteiger charge is 2.64. The highest BCUT2D eigenvalue weighted by atomic mass is 35.5. The second kappa shape index (κ2) is 11.9. The van der Waals surface area contributed by atoms with Crippen LogP contribution in [0.4, 0.5) is 11.4 Å². The molecule has 0 spiro atoms. The van der Waals surface area contributed by atoms with Gasteiger partial charge in [-0.25, -0.2) is 0 Å². The van der Waals surface area contributed by atoms with Gasteiger partial charge in [0, 0.05) is 37.8 Å². The number of hydrogen-bond donors (Lipinski definition) is 8. The van der Waals surface area contributed by atoms with Gasteiger partial charge in [0.2, 0.25) is 11.7 Å². The van der Waals surface area contributed by atoms with Gasteiger partial charge in [0.25, 0.3) is 5.91 Å². The minimum Gasteiger partial charge on any atom is -0.508 e. The van der Waals surface area contributed by atoms with Gasteiger partial charge in [-0.05, 0) is 44.5 Å². The lowest BCUT2D eigenvalue weighted by atomic mass is 9.57. The number of fused-ring (bicyclic) bond motifs is 3. The van der Waals surface area contributed by atoms with Gasteiger partial charge in [-0.15, -0.1) is 12.4 Å². The van der Waals surface area contributed by atoms with Gasteiger partial charge in [-0.1, -0.05) is 0 Å². The first kappa shape index (κ1) is 32.8. The molecule has 42 heavy (non-hydrogen) atoms. The van der Waals surface area contributed by atoms with E-state index in [-0.39, 0.29) is 61.8 Å². The Hall–Kier alpha value is -3.69. The number of ketones is 2. The second-order valence-electron chi connectivity index (χ2n) is 10.9. The Morgan fingerprint density at radius 3 is 2.33 bits per heavy atom. The number of Topliss-reactive ketones (excluding diaryl/α,β-unsaturated/α-hetero) is 2. The van der Waals surface area contributed by atoms with E-state index in [1.807, 2.05) is 0 Å². The molecule has 0 heterocycles. The molecule has 3 aliphatic rings. The van der Waals surface area contributed by atoms with Gasteiger partial charge in [0.15, 0.2) is 11.4 Å². The zero-order valence-corrected chi connectivity index (χ0v) is 24.4. The van der Waals surface area contributed by atoms with E-state index in [2.05, 4.69) is 10.6 Å². The summed E-state index contributed by atoms with van der Waals surface area (Å²) < 4.78 is 0. The number of carbonyl (C=O) groups is 4. The van der Waals surface area contributed by atoms with E-state index in [0.29, 0.717) is 11.3 Å². The highest BCUT2D eigenvalue weighted by Crippen LogP contribution is 2.54. The standard InChI is InChI=1S/C27H35N5O9.ClH/c1-31(2)15-9-14(30-16(34)10-29-5-6-33)21(35)18-12(15)7-11-8-13-20(32(3)4)23(37)19(26(28)40)25(39)27(13,41)24(38)17(11)22(18)36;/h9,11,13,20,29,33,35-36,39,41H,5-8,10H2,1-4H3,(H2,28,40)(H,30,34);1H/t11?,13?,20-,27?;/m0./s1. The molecule has 1 aromatic rings. The number of phenols is 1. The van der Waals surface area contributed by atoms with Gasteiger partial charge >= 0.3 is 0 Å². The second-order valence-corrected chi connectivity index (χ2v) is 10.9. The zero-order valence-electron chi connectivity index (χ0n) is 23.6. The number of aliphatic hydroxyl groups excluding tert-OH is 3. The van der Waals surface area contributed by atoms with Crippen molar-refractivity contribution in [2.45, 2.75) is 24.5 Å². The maximum absolute atomic E-state index is 14.0. The van der Waals surface area contributed by atoms with Crippen LogP contribution in [0.25, 0.3) is 5.76 Å². The van der Waals surface area contributed by atoms with Crippen LogP contribution in [0, 0.1) is 11.8 Å². The van der Waals surface area contributed by atoms with E-state index in [1.54, 1.807) is 19.0 Å². The third kappa shape index (κ3) is 4.98. The Kier molecular flexibility index (Phi) is 9.29. The number of likely N-dealkylation sites (N-methyl/N-ethyl adjacent to an activating group) is 1. The Balaban J connectivity index is 0.00000484. The molecule has 0 bridgehead atoms. The van der Waals surface area contributed by atoms with Crippen molar-refractivity contribution in [2.24, 2.45) is 17.6 Å². The molecule has 14 nitrogen and oxygen atoms in total. The molecule has 1 saturated carbocycles. The van der Waals surface area contributed by atoms with E-state index in [4.69, 9.17) is 10.8 Å². The highest BCUT2D eigenvalue weighted by molar-refractivity contribution is 6.24. The van der Waals surface area contributed by atoms with Crippen molar-refractivity contribution in [1.29, 1.82) is 0 Å². The molecule has 3 unspecified atom stereocenters. The molecule has 0 aromatic heterocycles. The molecule has 1 fully saturated rings. The Morgan fingerprint density at radius 2 is 1.79 bits per heavy atom. The van der Waals surface area contributed by atoms with Crippen LogP contribution in [0.5, 0.6) is 5.75 Å². The van der Waals surface area contributed by atoms with Crippen molar-refractivity contribution in [3.63, 3.8) is 0 Å². The summed E-state index contributed by atoms with van der Waals surface area (Å²) in [6.45, 7) is -0.178. The van der Waals surface area contributed by atoms with Gasteiger partial charge in [-0.2, -0.15) is 0 Å². The van der Waals surface area contributed by atoms with Crippen molar-refractivity contribution >= 4 is 52.9 Å². The smallest absolute Gasteiger partial charge is 0.255 e. The number of aliphatic hydroxyl groups is 4. The minimum atomic E-state index is -2.74. The summed E-state index contributed by atoms with van der Waals surface area (Å²) in [5.74, 6) is -8.03. The number of hydrogen-bond acceptors (Lipinski definition) is 12. The van der Waals surface area contributed by atoms with E-state index >= 15 is 0 Å². The predicted molar refractivity (Wildman–Crippen MR) is 154 cm³/mol. The molecule has 15 heteroatoms. The van der Waals surface area contributed by atoms with Crippen LogP contribution in [-0.2, 0) is 25.6 Å². The fourth-order valence-electron chi connectivity index (χ4n) is 6.26. The van der Waals surface area contributed by atoms with Gasteiger partial charge in [0.1, 0.15) is 22.8 Å². The zero-order chi connectivity index (χ0) is 30.5. The van der Waals surface area contributed by atoms with Crippen molar-refractivity contribution in [3.05, 3.63) is 34.1 Å². The Labute approximate surface area is 247 Å². The monoisotopic (exact) mass is 609 g/mol. The van der Waals surface area contributed by atoms with E-state index < -0.39 is 69.7 Å². The topological polar surface area (TPSA) is 226 Å². The Bertz CT molecular complexity index is 1410. The number of amides is 2. The Morgan fingerprint density at radius 1 is 1.14 bits per heavy atom. The number of nitrogens with two attached hydrogens (primary N) is 1. The summed E-state index contributed by atoms with van der Waals surface area (Å²) in [6, 6.07) is 0.351. The number of rotatable bonds is 8.